The molecule has 1 aromatic rings. The van der Waals surface area contributed by atoms with E-state index in [2.05, 4.69) is 45.0 Å². The molecule has 0 spiro atoms. The van der Waals surface area contributed by atoms with Crippen LogP contribution in [-0.2, 0) is 25.6 Å². The molecule has 4 aliphatic carbocycles. The molecule has 4 aliphatic rings. The maximum absolute atomic E-state index is 11.8. The van der Waals surface area contributed by atoms with Gasteiger partial charge >= 0.3 is 5.97 Å². The van der Waals surface area contributed by atoms with Crippen LogP contribution in [0.2, 0.25) is 0 Å². The highest BCUT2D eigenvalue weighted by Crippen LogP contribution is 2.68. The third-order valence-electron chi connectivity index (χ3n) is 12.1. The van der Waals surface area contributed by atoms with Crippen molar-refractivity contribution in [3.63, 3.8) is 0 Å². The highest BCUT2D eigenvalue weighted by Gasteiger charge is 2.60. The molecule has 1 unspecified atom stereocenters. The van der Waals surface area contributed by atoms with Gasteiger partial charge in [0.25, 0.3) is 0 Å². The van der Waals surface area contributed by atoms with Crippen LogP contribution < -0.4 is 0 Å². The van der Waals surface area contributed by atoms with Gasteiger partial charge in [0.2, 0.25) is 0 Å². The van der Waals surface area contributed by atoms with Crippen molar-refractivity contribution in [1.82, 2.24) is 0 Å². The van der Waals surface area contributed by atoms with Crippen LogP contribution in [-0.4, -0.2) is 32.4 Å². The molecule has 0 heterocycles. The summed E-state index contributed by atoms with van der Waals surface area (Å²) in [5.41, 5.74) is 2.17. The van der Waals surface area contributed by atoms with E-state index in [0.29, 0.717) is 49.1 Å². The summed E-state index contributed by atoms with van der Waals surface area (Å²) in [4.78, 5) is 11.8. The van der Waals surface area contributed by atoms with E-state index in [0.717, 1.165) is 36.0 Å². The van der Waals surface area contributed by atoms with Crippen molar-refractivity contribution in [3.05, 3.63) is 35.9 Å². The minimum absolute atomic E-state index is 0.0502. The first-order chi connectivity index (χ1) is 18.3. The number of rotatable bonds is 10. The summed E-state index contributed by atoms with van der Waals surface area (Å²) in [7, 11) is 1.51. The second kappa shape index (κ2) is 12.0. The molecule has 0 amide bonds. The highest BCUT2D eigenvalue weighted by atomic mass is 16.5. The summed E-state index contributed by atoms with van der Waals surface area (Å²) in [5, 5.41) is 0. The lowest BCUT2D eigenvalue weighted by Gasteiger charge is -2.61. The van der Waals surface area contributed by atoms with Gasteiger partial charge in [-0.2, -0.15) is 0 Å². The van der Waals surface area contributed by atoms with Crippen LogP contribution >= 0.6 is 0 Å². The van der Waals surface area contributed by atoms with E-state index in [9.17, 15) is 4.79 Å². The smallest absolute Gasteiger partial charge is 0.305 e. The highest BCUT2D eigenvalue weighted by molar-refractivity contribution is 5.69. The van der Waals surface area contributed by atoms with Crippen molar-refractivity contribution in [1.29, 1.82) is 0 Å². The monoisotopic (exact) mass is 524 g/mol. The van der Waals surface area contributed by atoms with E-state index in [1.54, 1.807) is 0 Å². The molecule has 0 aliphatic heterocycles. The third kappa shape index (κ3) is 5.59. The van der Waals surface area contributed by atoms with Gasteiger partial charge in [0.15, 0.2) is 0 Å². The molecular formula is C34H52O4. The largest absolute Gasteiger partial charge is 0.469 e. The number of ether oxygens (including phenoxy) is 3. The van der Waals surface area contributed by atoms with Gasteiger partial charge < -0.3 is 14.2 Å². The first kappa shape index (κ1) is 28.1. The Kier molecular flexibility index (Phi) is 8.89. The minimum Gasteiger partial charge on any atom is -0.469 e. The maximum Gasteiger partial charge on any atom is 0.305 e. The van der Waals surface area contributed by atoms with Crippen LogP contribution in [0.3, 0.4) is 0 Å². The number of methoxy groups -OCH3 is 1. The van der Waals surface area contributed by atoms with E-state index in [4.69, 9.17) is 14.2 Å². The van der Waals surface area contributed by atoms with Gasteiger partial charge in [0.05, 0.1) is 33.0 Å². The zero-order chi connectivity index (χ0) is 26.8. The molecule has 4 fully saturated rings. The predicted octanol–water partition coefficient (Wildman–Crippen LogP) is 7.84. The molecule has 5 rings (SSSR count). The van der Waals surface area contributed by atoms with Gasteiger partial charge in [-0.15, -0.1) is 0 Å². The van der Waals surface area contributed by atoms with E-state index in [1.165, 1.54) is 70.5 Å². The molecule has 0 radical (unpaired) electrons. The number of carbonyl (C=O) groups excluding carboxylic acids is 1. The Hall–Kier alpha value is -1.39. The summed E-state index contributed by atoms with van der Waals surface area (Å²) in [6.07, 6.45) is 14.1. The maximum atomic E-state index is 11.8. The summed E-state index contributed by atoms with van der Waals surface area (Å²) in [5.74, 6) is 4.79. The van der Waals surface area contributed by atoms with Crippen molar-refractivity contribution in [2.75, 3.05) is 20.3 Å². The lowest BCUT2D eigenvalue weighted by atomic mass is 9.44. The number of fused-ring (bicyclic) bond motifs is 5. The molecule has 4 saturated carbocycles. The first-order valence-electron chi connectivity index (χ1n) is 15.6. The molecule has 38 heavy (non-hydrogen) atoms. The molecule has 4 heteroatoms. The summed E-state index contributed by atoms with van der Waals surface area (Å²) >= 11 is 0. The number of hydrogen-bond acceptors (Lipinski definition) is 4. The van der Waals surface area contributed by atoms with Gasteiger partial charge in [-0.25, -0.2) is 0 Å². The van der Waals surface area contributed by atoms with Crippen LogP contribution in [0, 0.1) is 46.3 Å². The lowest BCUT2D eigenvalue weighted by molar-refractivity contribution is -0.142. The van der Waals surface area contributed by atoms with Gasteiger partial charge in [-0.1, -0.05) is 51.1 Å². The fraction of sp³-hybridized carbons (Fsp3) is 0.794. The van der Waals surface area contributed by atoms with E-state index >= 15 is 0 Å². The summed E-state index contributed by atoms with van der Waals surface area (Å²) < 4.78 is 17.2. The zero-order valence-electron chi connectivity index (χ0n) is 24.5. The Morgan fingerprint density at radius 2 is 1.71 bits per heavy atom. The van der Waals surface area contributed by atoms with Crippen molar-refractivity contribution >= 4 is 5.97 Å². The molecular weight excluding hydrogens is 472 g/mol. The van der Waals surface area contributed by atoms with E-state index in [1.807, 2.05) is 6.07 Å². The molecule has 9 atom stereocenters. The number of hydrogen-bond donors (Lipinski definition) is 0. The Bertz CT molecular complexity index is 916. The van der Waals surface area contributed by atoms with E-state index in [-0.39, 0.29) is 5.97 Å². The van der Waals surface area contributed by atoms with Crippen molar-refractivity contribution in [2.45, 2.75) is 104 Å². The Labute approximate surface area is 231 Å². The molecule has 1 aromatic carbocycles. The molecule has 0 aromatic heterocycles. The second-order valence-corrected chi connectivity index (χ2v) is 13.8. The minimum atomic E-state index is -0.0502. The molecule has 0 saturated heterocycles. The molecule has 4 nitrogen and oxygen atoms in total. The van der Waals surface area contributed by atoms with Gasteiger partial charge in [-0.05, 0) is 116 Å². The molecule has 212 valence electrons. The zero-order valence-corrected chi connectivity index (χ0v) is 24.5. The van der Waals surface area contributed by atoms with Crippen LogP contribution in [0.25, 0.3) is 0 Å². The number of esters is 1. The third-order valence-corrected chi connectivity index (χ3v) is 12.1. The van der Waals surface area contributed by atoms with Crippen molar-refractivity contribution < 1.29 is 19.0 Å². The van der Waals surface area contributed by atoms with Crippen LogP contribution in [0.4, 0.5) is 0 Å². The van der Waals surface area contributed by atoms with Crippen LogP contribution in [0.1, 0.15) is 97.0 Å². The Morgan fingerprint density at radius 1 is 0.947 bits per heavy atom. The topological polar surface area (TPSA) is 44.8 Å². The van der Waals surface area contributed by atoms with Crippen molar-refractivity contribution in [3.8, 4) is 0 Å². The average molecular weight is 525 g/mol. The SMILES string of the molecule is COC(=O)CC[C@@H](C)[C@H]1CC[C@H]2[C@@H]3CCC4C[C@@H](OCCOCc5ccccc5)CC[C@]4(C)[C@H]3CC[C@]12C. The van der Waals surface area contributed by atoms with Crippen LogP contribution in [0.15, 0.2) is 30.3 Å². The fourth-order valence-corrected chi connectivity index (χ4v) is 10.0. The Balaban J connectivity index is 1.12. The van der Waals surface area contributed by atoms with Crippen molar-refractivity contribution in [2.24, 2.45) is 46.3 Å². The lowest BCUT2D eigenvalue weighted by Crippen LogP contribution is -2.54. The average Bonchev–Trinajstić information content (AvgIpc) is 3.29. The van der Waals surface area contributed by atoms with Gasteiger partial charge in [-0.3, -0.25) is 4.79 Å². The number of carbonyl (C=O) groups is 1. The van der Waals surface area contributed by atoms with E-state index < -0.39 is 0 Å². The summed E-state index contributed by atoms with van der Waals surface area (Å²) in [6, 6.07) is 10.4. The van der Waals surface area contributed by atoms with Crippen LogP contribution in [0.5, 0.6) is 0 Å². The Morgan fingerprint density at radius 3 is 2.50 bits per heavy atom. The molecule has 0 bridgehead atoms. The standard InChI is InChI=1S/C34H52O4/c1-24(10-15-32(35)36-4)29-13-14-30-28-12-11-26-22-27(38-21-20-37-23-25-8-6-5-7-9-25)16-18-33(26,2)31(28)17-19-34(29,30)3/h5-9,24,26-31H,10-23H2,1-4H3/t24-,26?,27+,28+,29-,30+,31+,33+,34-/m1/s1. The van der Waals surface area contributed by atoms with Gasteiger partial charge in [0, 0.05) is 6.42 Å². The normalized spacial score (nSPS) is 39.1. The summed E-state index contributed by atoms with van der Waals surface area (Å²) in [6.45, 7) is 9.74. The second-order valence-electron chi connectivity index (χ2n) is 13.8. The fourth-order valence-electron chi connectivity index (χ4n) is 10.0. The first-order valence-corrected chi connectivity index (χ1v) is 15.6. The van der Waals surface area contributed by atoms with Gasteiger partial charge in [0.1, 0.15) is 0 Å². The number of benzene rings is 1. The quantitative estimate of drug-likeness (QED) is 0.231. The predicted molar refractivity (Wildman–Crippen MR) is 151 cm³/mol. The molecule has 0 N–H and O–H groups in total.